The van der Waals surface area contributed by atoms with Gasteiger partial charge in [-0.25, -0.2) is 0 Å². The first kappa shape index (κ1) is 15.1. The third-order valence-corrected chi connectivity index (χ3v) is 3.84. The van der Waals surface area contributed by atoms with Crippen LogP contribution < -0.4 is 11.1 Å². The Bertz CT molecular complexity index is 932. The number of hydrogen-bond donors (Lipinski definition) is 3. The van der Waals surface area contributed by atoms with Gasteiger partial charge in [0.25, 0.3) is 5.91 Å². The molecule has 0 saturated heterocycles. The molecule has 5 heteroatoms. The summed E-state index contributed by atoms with van der Waals surface area (Å²) < 4.78 is 0. The van der Waals surface area contributed by atoms with Crippen molar-refractivity contribution >= 4 is 39.3 Å². The molecule has 1 heterocycles. The number of H-pyrrole nitrogens is 1. The predicted molar refractivity (Wildman–Crippen MR) is 92.4 cm³/mol. The highest BCUT2D eigenvalue weighted by molar-refractivity contribution is 6.15. The number of carbonyl (C=O) groups excluding carboxylic acids is 2. The molecule has 118 valence electrons. The smallest absolute Gasteiger partial charge is 0.250 e. The molecule has 0 unspecified atom stereocenters. The fourth-order valence-corrected chi connectivity index (χ4v) is 2.53. The minimum atomic E-state index is -0.469. The number of rotatable bonds is 2. The van der Waals surface area contributed by atoms with E-state index in [1.807, 2.05) is 51.1 Å². The molecule has 0 fully saturated rings. The van der Waals surface area contributed by atoms with Crippen molar-refractivity contribution in [3.63, 3.8) is 0 Å². The number of carbonyl (C=O) groups is 2. The van der Waals surface area contributed by atoms with E-state index in [0.29, 0.717) is 16.8 Å². The number of primary amides is 1. The Kier molecular flexibility index (Phi) is 3.36. The van der Waals surface area contributed by atoms with E-state index >= 15 is 0 Å². The van der Waals surface area contributed by atoms with Gasteiger partial charge in [-0.1, -0.05) is 39.0 Å². The van der Waals surface area contributed by atoms with Gasteiger partial charge in [0.2, 0.25) is 5.91 Å². The van der Waals surface area contributed by atoms with Crippen molar-refractivity contribution in [3.8, 4) is 0 Å². The molecule has 2 aromatic carbocycles. The summed E-state index contributed by atoms with van der Waals surface area (Å²) in [6.45, 7) is 5.59. The average molecular weight is 309 g/mol. The summed E-state index contributed by atoms with van der Waals surface area (Å²) in [5.41, 5.74) is 7.70. The fraction of sp³-hybridized carbons (Fsp3) is 0.222. The van der Waals surface area contributed by atoms with E-state index in [0.717, 1.165) is 16.3 Å². The quantitative estimate of drug-likeness (QED) is 0.677. The van der Waals surface area contributed by atoms with Crippen molar-refractivity contribution in [1.29, 1.82) is 0 Å². The van der Waals surface area contributed by atoms with Crippen molar-refractivity contribution in [2.75, 3.05) is 5.32 Å². The topological polar surface area (TPSA) is 88.0 Å². The molecule has 4 N–H and O–H groups in total. The second-order valence-corrected chi connectivity index (χ2v) is 6.68. The van der Waals surface area contributed by atoms with E-state index < -0.39 is 11.3 Å². The van der Waals surface area contributed by atoms with Crippen molar-refractivity contribution in [2.45, 2.75) is 20.8 Å². The third kappa shape index (κ3) is 2.65. The zero-order valence-electron chi connectivity index (χ0n) is 13.4. The van der Waals surface area contributed by atoms with Gasteiger partial charge in [-0.05, 0) is 18.2 Å². The van der Waals surface area contributed by atoms with Crippen molar-refractivity contribution in [2.24, 2.45) is 11.1 Å². The maximum atomic E-state index is 12.1. The molecule has 23 heavy (non-hydrogen) atoms. The van der Waals surface area contributed by atoms with Crippen LogP contribution >= 0.6 is 0 Å². The zero-order valence-corrected chi connectivity index (χ0v) is 13.4. The average Bonchev–Trinajstić information content (AvgIpc) is 2.83. The van der Waals surface area contributed by atoms with E-state index in [9.17, 15) is 9.59 Å². The monoisotopic (exact) mass is 309 g/mol. The molecule has 0 spiro atoms. The van der Waals surface area contributed by atoms with Crippen LogP contribution in [0.3, 0.4) is 0 Å². The van der Waals surface area contributed by atoms with Crippen LogP contribution in [-0.2, 0) is 4.79 Å². The molecule has 0 aliphatic rings. The molecule has 0 aliphatic heterocycles. The van der Waals surface area contributed by atoms with Crippen molar-refractivity contribution < 1.29 is 9.59 Å². The second-order valence-electron chi connectivity index (χ2n) is 6.68. The molecule has 1 aromatic heterocycles. The maximum Gasteiger partial charge on any atom is 0.250 e. The van der Waals surface area contributed by atoms with Gasteiger partial charge in [0, 0.05) is 27.4 Å². The molecule has 5 nitrogen and oxygen atoms in total. The van der Waals surface area contributed by atoms with Gasteiger partial charge in [0.1, 0.15) is 0 Å². The number of anilines is 1. The molecule has 0 radical (unpaired) electrons. The highest BCUT2D eigenvalue weighted by atomic mass is 16.2. The SMILES string of the molecule is CC(C)(C)C(=O)Nc1ccc2c(c1)[nH]c1c(C(N)=O)cccc12. The molecule has 3 rings (SSSR count). The van der Waals surface area contributed by atoms with Gasteiger partial charge in [-0.15, -0.1) is 0 Å². The number of nitrogens with two attached hydrogens (primary N) is 1. The van der Waals surface area contributed by atoms with Gasteiger partial charge < -0.3 is 16.0 Å². The van der Waals surface area contributed by atoms with Crippen LogP contribution in [0.1, 0.15) is 31.1 Å². The molecular weight excluding hydrogens is 290 g/mol. The number of para-hydroxylation sites is 1. The molecule has 0 saturated carbocycles. The Morgan fingerprint density at radius 2 is 1.83 bits per heavy atom. The lowest BCUT2D eigenvalue weighted by Gasteiger charge is -2.17. The van der Waals surface area contributed by atoms with Gasteiger partial charge >= 0.3 is 0 Å². The minimum absolute atomic E-state index is 0.0502. The van der Waals surface area contributed by atoms with Gasteiger partial charge in [0.15, 0.2) is 0 Å². The number of aromatic nitrogens is 1. The lowest BCUT2D eigenvalue weighted by molar-refractivity contribution is -0.123. The van der Waals surface area contributed by atoms with Gasteiger partial charge in [0.05, 0.1) is 11.1 Å². The van der Waals surface area contributed by atoms with Crippen LogP contribution in [0.15, 0.2) is 36.4 Å². The molecule has 0 atom stereocenters. The number of amides is 2. The second kappa shape index (κ2) is 5.12. The highest BCUT2D eigenvalue weighted by Gasteiger charge is 2.21. The van der Waals surface area contributed by atoms with Crippen LogP contribution in [0, 0.1) is 5.41 Å². The number of fused-ring (bicyclic) bond motifs is 3. The van der Waals surface area contributed by atoms with Crippen molar-refractivity contribution in [3.05, 3.63) is 42.0 Å². The lowest BCUT2D eigenvalue weighted by atomic mass is 9.95. The van der Waals surface area contributed by atoms with Crippen LogP contribution in [-0.4, -0.2) is 16.8 Å². The van der Waals surface area contributed by atoms with Gasteiger partial charge in [-0.2, -0.15) is 0 Å². The third-order valence-electron chi connectivity index (χ3n) is 3.84. The largest absolute Gasteiger partial charge is 0.366 e. The Labute approximate surface area is 133 Å². The minimum Gasteiger partial charge on any atom is -0.366 e. The first-order chi connectivity index (χ1) is 10.8. The summed E-state index contributed by atoms with van der Waals surface area (Å²) in [6.07, 6.45) is 0. The Morgan fingerprint density at radius 3 is 2.48 bits per heavy atom. The Balaban J connectivity index is 2.11. The molecule has 0 aliphatic carbocycles. The van der Waals surface area contributed by atoms with Crippen molar-refractivity contribution in [1.82, 2.24) is 4.98 Å². The fourth-order valence-electron chi connectivity index (χ4n) is 2.53. The van der Waals surface area contributed by atoms with Crippen LogP contribution in [0.25, 0.3) is 21.8 Å². The number of nitrogens with one attached hydrogen (secondary N) is 2. The lowest BCUT2D eigenvalue weighted by Crippen LogP contribution is -2.27. The number of benzene rings is 2. The normalized spacial score (nSPS) is 11.8. The van der Waals surface area contributed by atoms with E-state index in [-0.39, 0.29) is 5.91 Å². The first-order valence-corrected chi connectivity index (χ1v) is 7.43. The Morgan fingerprint density at radius 1 is 1.09 bits per heavy atom. The van der Waals surface area contributed by atoms with Gasteiger partial charge in [-0.3, -0.25) is 9.59 Å². The standard InChI is InChI=1S/C18H19N3O2/c1-18(2,3)17(23)20-10-7-8-11-12-5-4-6-13(16(19)22)15(12)21-14(11)9-10/h4-9,21H,1-3H3,(H2,19,22)(H,20,23). The summed E-state index contributed by atoms with van der Waals surface area (Å²) in [5, 5.41) is 4.82. The summed E-state index contributed by atoms with van der Waals surface area (Å²) >= 11 is 0. The zero-order chi connectivity index (χ0) is 16.8. The molecule has 2 amide bonds. The van der Waals surface area contributed by atoms with Crippen LogP contribution in [0.4, 0.5) is 5.69 Å². The van der Waals surface area contributed by atoms with E-state index in [1.54, 1.807) is 6.07 Å². The van der Waals surface area contributed by atoms with Crippen LogP contribution in [0.5, 0.6) is 0 Å². The first-order valence-electron chi connectivity index (χ1n) is 7.43. The maximum absolute atomic E-state index is 12.1. The number of aromatic amines is 1. The van der Waals surface area contributed by atoms with E-state index in [1.165, 1.54) is 0 Å². The molecular formula is C18H19N3O2. The summed E-state index contributed by atoms with van der Waals surface area (Å²) in [5.74, 6) is -0.519. The summed E-state index contributed by atoms with van der Waals surface area (Å²) in [7, 11) is 0. The van der Waals surface area contributed by atoms with E-state index in [2.05, 4.69) is 10.3 Å². The summed E-state index contributed by atoms with van der Waals surface area (Å²) in [6, 6.07) is 11.1. The molecule has 0 bridgehead atoms. The predicted octanol–water partition coefficient (Wildman–Crippen LogP) is 3.40. The van der Waals surface area contributed by atoms with Crippen LogP contribution in [0.2, 0.25) is 0 Å². The molecule has 3 aromatic rings. The summed E-state index contributed by atoms with van der Waals surface area (Å²) in [4.78, 5) is 26.9. The number of hydrogen-bond acceptors (Lipinski definition) is 2. The Hall–Kier alpha value is -2.82. The van der Waals surface area contributed by atoms with E-state index in [4.69, 9.17) is 5.73 Å². The highest BCUT2D eigenvalue weighted by Crippen LogP contribution is 2.30.